The molecular weight excluding hydrogens is 294 g/mol. The summed E-state index contributed by atoms with van der Waals surface area (Å²) in [5, 5.41) is 0. The number of likely N-dealkylation sites (tertiary alicyclic amines) is 1. The highest BCUT2D eigenvalue weighted by Gasteiger charge is 2.39. The molecule has 0 unspecified atom stereocenters. The largest absolute Gasteiger partial charge is 0.497 e. The van der Waals surface area contributed by atoms with Crippen molar-refractivity contribution in [2.75, 3.05) is 7.11 Å². The van der Waals surface area contributed by atoms with Crippen LogP contribution >= 0.6 is 0 Å². The Labute approximate surface area is 137 Å². The van der Waals surface area contributed by atoms with E-state index in [0.29, 0.717) is 12.8 Å². The zero-order valence-corrected chi connectivity index (χ0v) is 14.2. The highest BCUT2D eigenvalue weighted by Crippen LogP contribution is 2.28. The SMILES string of the molecule is COc1ccc(C[C@@H]2CC[C@H](C=O)N2C(=O)OC(C)(C)C)cc1. The first-order chi connectivity index (χ1) is 10.8. The average Bonchev–Trinajstić information content (AvgIpc) is 2.89. The lowest BCUT2D eigenvalue weighted by Crippen LogP contribution is -2.45. The van der Waals surface area contributed by atoms with Crippen molar-refractivity contribution < 1.29 is 19.1 Å². The summed E-state index contributed by atoms with van der Waals surface area (Å²) in [6, 6.07) is 7.36. The van der Waals surface area contributed by atoms with Gasteiger partial charge in [0.1, 0.15) is 17.6 Å². The van der Waals surface area contributed by atoms with Gasteiger partial charge >= 0.3 is 6.09 Å². The molecule has 1 saturated heterocycles. The van der Waals surface area contributed by atoms with Gasteiger partial charge in [0, 0.05) is 6.04 Å². The molecule has 2 atom stereocenters. The first kappa shape index (κ1) is 17.3. The van der Waals surface area contributed by atoms with Gasteiger partial charge in [0.2, 0.25) is 0 Å². The van der Waals surface area contributed by atoms with Crippen molar-refractivity contribution >= 4 is 12.4 Å². The second-order valence-electron chi connectivity index (χ2n) is 6.87. The van der Waals surface area contributed by atoms with Crippen LogP contribution in [0, 0.1) is 0 Å². The molecule has 0 saturated carbocycles. The number of hydrogen-bond donors (Lipinski definition) is 0. The molecule has 126 valence electrons. The minimum absolute atomic E-state index is 0.0200. The molecular formula is C18H25NO4. The molecule has 1 aliphatic rings. The third kappa shape index (κ3) is 4.47. The van der Waals surface area contributed by atoms with Crippen LogP contribution in [0.1, 0.15) is 39.2 Å². The molecule has 5 nitrogen and oxygen atoms in total. The fourth-order valence-electron chi connectivity index (χ4n) is 2.88. The number of nitrogens with zero attached hydrogens (tertiary/aromatic N) is 1. The number of amides is 1. The van der Waals surface area contributed by atoms with Crippen LogP contribution < -0.4 is 4.74 Å². The van der Waals surface area contributed by atoms with Crippen LogP contribution in [0.25, 0.3) is 0 Å². The van der Waals surface area contributed by atoms with E-state index in [1.54, 1.807) is 12.0 Å². The summed E-state index contributed by atoms with van der Waals surface area (Å²) in [5.41, 5.74) is 0.536. The summed E-state index contributed by atoms with van der Waals surface area (Å²) < 4.78 is 10.6. The van der Waals surface area contributed by atoms with Crippen LogP contribution in [-0.2, 0) is 16.0 Å². The lowest BCUT2D eigenvalue weighted by molar-refractivity contribution is -0.112. The van der Waals surface area contributed by atoms with Crippen molar-refractivity contribution in [3.8, 4) is 5.75 Å². The Hall–Kier alpha value is -2.04. The number of benzene rings is 1. The maximum absolute atomic E-state index is 12.5. The van der Waals surface area contributed by atoms with Crippen molar-refractivity contribution in [2.24, 2.45) is 0 Å². The van der Waals surface area contributed by atoms with Crippen molar-refractivity contribution in [2.45, 2.75) is 57.7 Å². The van der Waals surface area contributed by atoms with Crippen LogP contribution in [0.2, 0.25) is 0 Å². The molecule has 0 spiro atoms. The van der Waals surface area contributed by atoms with Crippen molar-refractivity contribution in [3.05, 3.63) is 29.8 Å². The lowest BCUT2D eigenvalue weighted by atomic mass is 10.0. The Bertz CT molecular complexity index is 547. The van der Waals surface area contributed by atoms with Crippen LogP contribution in [0.15, 0.2) is 24.3 Å². The van der Waals surface area contributed by atoms with Gasteiger partial charge in [0.25, 0.3) is 0 Å². The van der Waals surface area contributed by atoms with E-state index in [1.807, 2.05) is 45.0 Å². The van der Waals surface area contributed by atoms with Crippen molar-refractivity contribution in [3.63, 3.8) is 0 Å². The number of carbonyl (C=O) groups is 2. The second-order valence-corrected chi connectivity index (χ2v) is 6.87. The Morgan fingerprint density at radius 3 is 2.43 bits per heavy atom. The first-order valence-electron chi connectivity index (χ1n) is 7.93. The fourth-order valence-corrected chi connectivity index (χ4v) is 2.88. The number of ether oxygens (including phenoxy) is 2. The molecule has 1 aromatic rings. The molecule has 1 amide bonds. The number of carbonyl (C=O) groups excluding carboxylic acids is 2. The fraction of sp³-hybridized carbons (Fsp3) is 0.556. The molecule has 2 rings (SSSR count). The molecule has 23 heavy (non-hydrogen) atoms. The molecule has 1 aliphatic heterocycles. The predicted octanol–water partition coefficient (Wildman–Crippen LogP) is 3.20. The number of methoxy groups -OCH3 is 1. The van der Waals surface area contributed by atoms with Crippen molar-refractivity contribution in [1.82, 2.24) is 4.90 Å². The van der Waals surface area contributed by atoms with E-state index in [4.69, 9.17) is 9.47 Å². The molecule has 1 fully saturated rings. The Morgan fingerprint density at radius 2 is 1.91 bits per heavy atom. The normalized spacial score (nSPS) is 21.1. The smallest absolute Gasteiger partial charge is 0.411 e. The third-order valence-corrected chi connectivity index (χ3v) is 3.94. The van der Waals surface area contributed by atoms with E-state index < -0.39 is 17.7 Å². The third-order valence-electron chi connectivity index (χ3n) is 3.94. The molecule has 0 aromatic heterocycles. The van der Waals surface area contributed by atoms with Crippen LogP contribution in [0.4, 0.5) is 4.79 Å². The molecule has 1 heterocycles. The van der Waals surface area contributed by atoms with Gasteiger partial charge in [-0.2, -0.15) is 0 Å². The topological polar surface area (TPSA) is 55.8 Å². The van der Waals surface area contributed by atoms with Gasteiger partial charge in [-0.15, -0.1) is 0 Å². The second kappa shape index (κ2) is 7.02. The molecule has 0 aliphatic carbocycles. The quantitative estimate of drug-likeness (QED) is 0.800. The van der Waals surface area contributed by atoms with Crippen LogP contribution in [-0.4, -0.2) is 42.1 Å². The van der Waals surface area contributed by atoms with Gasteiger partial charge in [0.05, 0.1) is 13.2 Å². The van der Waals surface area contributed by atoms with Crippen LogP contribution in [0.5, 0.6) is 5.75 Å². The first-order valence-corrected chi connectivity index (χ1v) is 7.93. The Kier molecular flexibility index (Phi) is 5.29. The van der Waals surface area contributed by atoms with E-state index >= 15 is 0 Å². The van der Waals surface area contributed by atoms with Gasteiger partial charge in [-0.05, 0) is 57.7 Å². The number of rotatable bonds is 4. The van der Waals surface area contributed by atoms with Gasteiger partial charge in [-0.25, -0.2) is 4.79 Å². The Balaban J connectivity index is 2.12. The van der Waals surface area contributed by atoms with E-state index in [0.717, 1.165) is 24.0 Å². The molecule has 5 heteroatoms. The van der Waals surface area contributed by atoms with E-state index in [-0.39, 0.29) is 6.04 Å². The minimum Gasteiger partial charge on any atom is -0.497 e. The van der Waals surface area contributed by atoms with Crippen LogP contribution in [0.3, 0.4) is 0 Å². The zero-order chi connectivity index (χ0) is 17.0. The van der Waals surface area contributed by atoms with E-state index in [1.165, 1.54) is 0 Å². The predicted molar refractivity (Wildman–Crippen MR) is 87.6 cm³/mol. The molecule has 0 N–H and O–H groups in total. The summed E-state index contributed by atoms with van der Waals surface area (Å²) in [7, 11) is 1.63. The highest BCUT2D eigenvalue weighted by atomic mass is 16.6. The number of hydrogen-bond acceptors (Lipinski definition) is 4. The molecule has 0 bridgehead atoms. The van der Waals surface area contributed by atoms with E-state index in [2.05, 4.69) is 0 Å². The summed E-state index contributed by atoms with van der Waals surface area (Å²) in [6.45, 7) is 5.49. The number of aldehydes is 1. The highest BCUT2D eigenvalue weighted by molar-refractivity contribution is 5.75. The average molecular weight is 319 g/mol. The van der Waals surface area contributed by atoms with E-state index in [9.17, 15) is 9.59 Å². The summed E-state index contributed by atoms with van der Waals surface area (Å²) in [4.78, 5) is 25.4. The van der Waals surface area contributed by atoms with Gasteiger partial charge in [-0.1, -0.05) is 12.1 Å². The summed E-state index contributed by atoms with van der Waals surface area (Å²) in [6.07, 6.45) is 2.62. The monoisotopic (exact) mass is 319 g/mol. The Morgan fingerprint density at radius 1 is 1.26 bits per heavy atom. The maximum atomic E-state index is 12.5. The van der Waals surface area contributed by atoms with Crippen molar-refractivity contribution in [1.29, 1.82) is 0 Å². The minimum atomic E-state index is -0.572. The standard InChI is InChI=1S/C18H25NO4/c1-18(2,3)23-17(21)19-14(7-8-15(19)12-20)11-13-5-9-16(22-4)10-6-13/h5-6,9-10,12,14-15H,7-8,11H2,1-4H3/t14-,15+/m0/s1. The zero-order valence-electron chi connectivity index (χ0n) is 14.2. The molecule has 0 radical (unpaired) electrons. The molecule has 1 aromatic carbocycles. The maximum Gasteiger partial charge on any atom is 0.411 e. The lowest BCUT2D eigenvalue weighted by Gasteiger charge is -2.31. The van der Waals surface area contributed by atoms with Gasteiger partial charge in [0.15, 0.2) is 0 Å². The summed E-state index contributed by atoms with van der Waals surface area (Å²) in [5.74, 6) is 0.801. The van der Waals surface area contributed by atoms with Gasteiger partial charge < -0.3 is 14.3 Å². The summed E-state index contributed by atoms with van der Waals surface area (Å²) >= 11 is 0. The van der Waals surface area contributed by atoms with Gasteiger partial charge in [-0.3, -0.25) is 4.90 Å².